The molecule has 0 radical (unpaired) electrons. The molecule has 4 heterocycles. The second-order valence-electron chi connectivity index (χ2n) is 6.86. The van der Waals surface area contributed by atoms with Crippen molar-refractivity contribution < 1.29 is 0 Å². The lowest BCUT2D eigenvalue weighted by Crippen LogP contribution is -2.15. The summed E-state index contributed by atoms with van der Waals surface area (Å²) in [6, 6.07) is 13.6. The molecular weight excluding hydrogens is 382 g/mol. The maximum absolute atomic E-state index is 12.6. The average molecular weight is 399 g/mol. The molecule has 4 aromatic heterocycles. The molecule has 0 spiro atoms. The van der Waals surface area contributed by atoms with E-state index in [4.69, 9.17) is 4.98 Å². The molecule has 0 unspecified atom stereocenters. The number of aromatic amines is 1. The van der Waals surface area contributed by atoms with Crippen molar-refractivity contribution in [3.05, 3.63) is 93.7 Å². The van der Waals surface area contributed by atoms with E-state index < -0.39 is 0 Å². The van der Waals surface area contributed by atoms with Crippen LogP contribution >= 0.6 is 11.3 Å². The van der Waals surface area contributed by atoms with Gasteiger partial charge in [0, 0.05) is 47.6 Å². The summed E-state index contributed by atoms with van der Waals surface area (Å²) in [6.45, 7) is 2.05. The van der Waals surface area contributed by atoms with Gasteiger partial charge in [0.05, 0.1) is 11.4 Å². The third-order valence-corrected chi connectivity index (χ3v) is 5.68. The first-order valence-corrected chi connectivity index (χ1v) is 10.1. The van der Waals surface area contributed by atoms with Crippen molar-refractivity contribution in [1.82, 2.24) is 24.6 Å². The lowest BCUT2D eigenvalue weighted by Gasteiger charge is -2.02. The minimum Gasteiger partial charge on any atom is -0.296 e. The summed E-state index contributed by atoms with van der Waals surface area (Å²) in [7, 11) is 0. The number of fused-ring (bicyclic) bond motifs is 1. The van der Waals surface area contributed by atoms with Crippen LogP contribution in [0.15, 0.2) is 71.2 Å². The molecule has 5 aromatic rings. The zero-order valence-electron chi connectivity index (χ0n) is 15.7. The van der Waals surface area contributed by atoms with Gasteiger partial charge in [-0.05, 0) is 24.6 Å². The minimum absolute atomic E-state index is 0.133. The molecule has 0 amide bonds. The minimum atomic E-state index is -0.133. The van der Waals surface area contributed by atoms with E-state index >= 15 is 0 Å². The largest absolute Gasteiger partial charge is 0.296 e. The van der Waals surface area contributed by atoms with Gasteiger partial charge in [-0.25, -0.2) is 14.5 Å². The molecule has 0 aliphatic heterocycles. The number of nitrogens with one attached hydrogen (secondary N) is 1. The van der Waals surface area contributed by atoms with Gasteiger partial charge in [-0.15, -0.1) is 11.3 Å². The van der Waals surface area contributed by atoms with Crippen LogP contribution < -0.4 is 5.56 Å². The Morgan fingerprint density at radius 3 is 2.72 bits per heavy atom. The molecule has 0 bridgehead atoms. The highest BCUT2D eigenvalue weighted by atomic mass is 32.1. The van der Waals surface area contributed by atoms with E-state index in [2.05, 4.69) is 27.2 Å². The highest BCUT2D eigenvalue weighted by Gasteiger charge is 2.13. The molecule has 1 aromatic carbocycles. The Hall–Kier alpha value is -3.58. The van der Waals surface area contributed by atoms with Crippen LogP contribution in [0.25, 0.3) is 27.3 Å². The van der Waals surface area contributed by atoms with Crippen LogP contribution in [-0.2, 0) is 6.42 Å². The first-order valence-electron chi connectivity index (χ1n) is 9.19. The number of H-pyrrole nitrogens is 1. The fourth-order valence-electron chi connectivity index (χ4n) is 3.26. The highest BCUT2D eigenvalue weighted by molar-refractivity contribution is 7.13. The summed E-state index contributed by atoms with van der Waals surface area (Å²) in [5.41, 5.74) is 6.17. The van der Waals surface area contributed by atoms with E-state index in [1.807, 2.05) is 42.8 Å². The summed E-state index contributed by atoms with van der Waals surface area (Å²) < 4.78 is 1.47. The highest BCUT2D eigenvalue weighted by Crippen LogP contribution is 2.25. The Morgan fingerprint density at radius 1 is 1.07 bits per heavy atom. The van der Waals surface area contributed by atoms with Crippen LogP contribution in [-0.4, -0.2) is 24.6 Å². The summed E-state index contributed by atoms with van der Waals surface area (Å²) >= 11 is 1.56. The molecule has 6 nitrogen and oxygen atoms in total. The third kappa shape index (κ3) is 3.36. The lowest BCUT2D eigenvalue weighted by molar-refractivity contribution is 0.878. The molecule has 0 aliphatic rings. The Labute approximate surface area is 170 Å². The number of thiazole rings is 1. The van der Waals surface area contributed by atoms with E-state index in [9.17, 15) is 4.79 Å². The predicted molar refractivity (Wildman–Crippen MR) is 114 cm³/mol. The van der Waals surface area contributed by atoms with Crippen molar-refractivity contribution in [2.75, 3.05) is 0 Å². The number of pyridine rings is 1. The molecule has 0 fully saturated rings. The van der Waals surface area contributed by atoms with Gasteiger partial charge in [-0.3, -0.25) is 14.9 Å². The van der Waals surface area contributed by atoms with E-state index in [-0.39, 0.29) is 5.56 Å². The first-order chi connectivity index (χ1) is 14.2. The first kappa shape index (κ1) is 17.5. The maximum atomic E-state index is 12.6. The lowest BCUT2D eigenvalue weighted by atomic mass is 10.1. The molecule has 142 valence electrons. The molecule has 1 N–H and O–H groups in total. The molecule has 0 aliphatic carbocycles. The SMILES string of the molecule is Cc1ccc(-c2c[nH]n3c(=O)cc(Cc4csc(-c5cccnc5)n4)nc23)cc1. The number of hydrogen-bond donors (Lipinski definition) is 1. The fourth-order valence-corrected chi connectivity index (χ4v) is 4.07. The molecule has 0 saturated carbocycles. The van der Waals surface area contributed by atoms with Crippen LogP contribution in [0.2, 0.25) is 0 Å². The Morgan fingerprint density at radius 2 is 1.93 bits per heavy atom. The van der Waals surface area contributed by atoms with E-state index in [0.717, 1.165) is 27.4 Å². The monoisotopic (exact) mass is 399 g/mol. The molecule has 0 atom stereocenters. The molecule has 7 heteroatoms. The summed E-state index contributed by atoms with van der Waals surface area (Å²) in [5.74, 6) is 0. The topological polar surface area (TPSA) is 75.9 Å². The number of aryl methyl sites for hydroxylation is 1. The van der Waals surface area contributed by atoms with Crippen LogP contribution in [0.3, 0.4) is 0 Å². The van der Waals surface area contributed by atoms with Crippen molar-refractivity contribution in [2.45, 2.75) is 13.3 Å². The van der Waals surface area contributed by atoms with Crippen LogP contribution in [0, 0.1) is 6.92 Å². The van der Waals surface area contributed by atoms with Gasteiger partial charge in [0.15, 0.2) is 5.65 Å². The number of benzene rings is 1. The molecule has 5 rings (SSSR count). The van der Waals surface area contributed by atoms with Gasteiger partial charge in [0.1, 0.15) is 5.01 Å². The van der Waals surface area contributed by atoms with Crippen LogP contribution in [0.1, 0.15) is 17.0 Å². The number of rotatable bonds is 4. The van der Waals surface area contributed by atoms with Gasteiger partial charge in [-0.1, -0.05) is 29.8 Å². The van der Waals surface area contributed by atoms with Gasteiger partial charge < -0.3 is 0 Å². The molecule has 0 saturated heterocycles. The zero-order valence-corrected chi connectivity index (χ0v) is 16.5. The van der Waals surface area contributed by atoms with E-state index in [1.54, 1.807) is 29.8 Å². The van der Waals surface area contributed by atoms with E-state index in [0.29, 0.717) is 17.8 Å². The smallest absolute Gasteiger partial charge is 0.272 e. The Bertz CT molecular complexity index is 1350. The van der Waals surface area contributed by atoms with Crippen molar-refractivity contribution in [3.8, 4) is 21.7 Å². The quantitative estimate of drug-likeness (QED) is 0.493. The van der Waals surface area contributed by atoms with Crippen LogP contribution in [0.5, 0.6) is 0 Å². The number of hydrogen-bond acceptors (Lipinski definition) is 5. The standard InChI is InChI=1S/C22H17N5OS/c1-14-4-6-15(7-5-14)19-12-24-27-20(28)10-17(25-21(19)27)9-18-13-29-22(26-18)16-3-2-8-23-11-16/h2-8,10-13,24H,9H2,1H3. The second kappa shape index (κ2) is 7.10. The van der Waals surface area contributed by atoms with E-state index in [1.165, 1.54) is 10.1 Å². The average Bonchev–Trinajstić information content (AvgIpc) is 3.37. The zero-order chi connectivity index (χ0) is 19.8. The number of nitrogens with zero attached hydrogens (tertiary/aromatic N) is 4. The van der Waals surface area contributed by atoms with Crippen molar-refractivity contribution >= 4 is 17.0 Å². The predicted octanol–water partition coefficient (Wildman–Crippen LogP) is 4.11. The fraction of sp³-hybridized carbons (Fsp3) is 0.0909. The molecule has 29 heavy (non-hydrogen) atoms. The maximum Gasteiger partial charge on any atom is 0.272 e. The van der Waals surface area contributed by atoms with Crippen molar-refractivity contribution in [1.29, 1.82) is 0 Å². The van der Waals surface area contributed by atoms with Crippen LogP contribution in [0.4, 0.5) is 0 Å². The summed E-state index contributed by atoms with van der Waals surface area (Å²) in [4.78, 5) is 26.2. The van der Waals surface area contributed by atoms with Crippen molar-refractivity contribution in [3.63, 3.8) is 0 Å². The molecular formula is C22H17N5OS. The number of aromatic nitrogens is 5. The van der Waals surface area contributed by atoms with Gasteiger partial charge in [0.2, 0.25) is 0 Å². The van der Waals surface area contributed by atoms with Gasteiger partial charge in [-0.2, -0.15) is 0 Å². The van der Waals surface area contributed by atoms with Crippen molar-refractivity contribution in [2.24, 2.45) is 0 Å². The second-order valence-corrected chi connectivity index (χ2v) is 7.72. The van der Waals surface area contributed by atoms with Gasteiger partial charge >= 0.3 is 0 Å². The third-order valence-electron chi connectivity index (χ3n) is 4.74. The van der Waals surface area contributed by atoms with Gasteiger partial charge in [0.25, 0.3) is 5.56 Å². The normalized spacial score (nSPS) is 11.2. The Balaban J connectivity index is 1.51. The summed E-state index contributed by atoms with van der Waals surface area (Å²) in [5, 5.41) is 5.92. The summed E-state index contributed by atoms with van der Waals surface area (Å²) in [6.07, 6.45) is 5.86. The Kier molecular flexibility index (Phi) is 4.29.